The molecule has 4 nitrogen and oxygen atoms in total. The maximum atomic E-state index is 10.6. The Balaban J connectivity index is 0.000000393. The van der Waals surface area contributed by atoms with Gasteiger partial charge in [-0.15, -0.1) is 10.6 Å². The summed E-state index contributed by atoms with van der Waals surface area (Å²) in [7, 11) is -1.00. The Bertz CT molecular complexity index is 1580. The Hall–Kier alpha value is -4.05. The van der Waals surface area contributed by atoms with Crippen LogP contribution in [0, 0.1) is 12.1 Å². The predicted octanol–water partition coefficient (Wildman–Crippen LogP) is 7.75. The van der Waals surface area contributed by atoms with E-state index in [0.717, 1.165) is 0 Å². The van der Waals surface area contributed by atoms with E-state index in [1.807, 2.05) is 24.3 Å². The van der Waals surface area contributed by atoms with Gasteiger partial charge in [0.1, 0.15) is 0 Å². The third kappa shape index (κ3) is 16.5. The van der Waals surface area contributed by atoms with Gasteiger partial charge in [-0.1, -0.05) is 121 Å². The van der Waals surface area contributed by atoms with Gasteiger partial charge in [-0.3, -0.25) is 0 Å². The minimum Gasteiger partial charge on any atom is -0.475 e. The standard InChI is InChI=1S/2C18H14P.2C2HF3O2.2Rh/c2*1-4-10-16(11-5-1)19(17-12-6-2-7-13-17)18-14-8-3-9-15-18;2*3-2(4,5)1(6)7;;/h2*1-14H;2*(H,6,7);;/q2*-1;;;;. The van der Waals surface area contributed by atoms with Crippen LogP contribution < -0.4 is 31.8 Å². The molecule has 0 atom stereocenters. The van der Waals surface area contributed by atoms with Crippen LogP contribution in [0.4, 0.5) is 26.3 Å². The molecule has 0 aromatic heterocycles. The Morgan fingerprint density at radius 2 is 0.611 bits per heavy atom. The first-order valence-electron chi connectivity index (χ1n) is 15.1. The number of hydrogen-bond acceptors (Lipinski definition) is 2. The quantitative estimate of drug-likeness (QED) is 0.0776. The van der Waals surface area contributed by atoms with Gasteiger partial charge in [0.05, 0.1) is 0 Å². The fourth-order valence-corrected chi connectivity index (χ4v) is 8.68. The number of alkyl halides is 6. The van der Waals surface area contributed by atoms with E-state index in [1.54, 1.807) is 0 Å². The fourth-order valence-electron chi connectivity index (χ4n) is 4.21. The zero-order valence-corrected chi connectivity index (χ0v) is 32.8. The molecule has 14 heteroatoms. The van der Waals surface area contributed by atoms with Gasteiger partial charge >= 0.3 is 24.3 Å². The topological polar surface area (TPSA) is 74.6 Å². The molecule has 2 radical (unpaired) electrons. The van der Waals surface area contributed by atoms with Crippen molar-refractivity contribution in [3.05, 3.63) is 182 Å². The first-order valence-corrected chi connectivity index (χ1v) is 17.8. The molecule has 0 spiro atoms. The van der Waals surface area contributed by atoms with Crippen molar-refractivity contribution < 1.29 is 85.1 Å². The number of rotatable bonds is 6. The van der Waals surface area contributed by atoms with Gasteiger partial charge in [-0.25, -0.2) is 9.59 Å². The van der Waals surface area contributed by atoms with Crippen molar-refractivity contribution in [2.75, 3.05) is 0 Å². The number of carbonyl (C=O) groups is 2. The van der Waals surface area contributed by atoms with Gasteiger partial charge in [0.15, 0.2) is 0 Å². The molecule has 0 bridgehead atoms. The van der Waals surface area contributed by atoms with Crippen molar-refractivity contribution in [3.8, 4) is 0 Å². The summed E-state index contributed by atoms with van der Waals surface area (Å²) < 4.78 is 63.5. The van der Waals surface area contributed by atoms with Gasteiger partial charge in [-0.05, 0) is 37.1 Å². The molecule has 0 heterocycles. The van der Waals surface area contributed by atoms with Crippen LogP contribution in [0.3, 0.4) is 0 Å². The summed E-state index contributed by atoms with van der Waals surface area (Å²) in [6.45, 7) is 0. The molecule has 0 unspecified atom stereocenters. The smallest absolute Gasteiger partial charge is 0.475 e. The molecular formula is C40H30F6O4P2Rh2-2. The van der Waals surface area contributed by atoms with Crippen LogP contribution in [-0.4, -0.2) is 34.5 Å². The fraction of sp³-hybridized carbons (Fsp3) is 0.0500. The molecule has 6 rings (SSSR count). The normalized spacial score (nSPS) is 10.4. The van der Waals surface area contributed by atoms with Crippen molar-refractivity contribution >= 4 is 59.6 Å². The molecule has 54 heavy (non-hydrogen) atoms. The number of carboxylic acids is 2. The molecule has 286 valence electrons. The summed E-state index contributed by atoms with van der Waals surface area (Å²) in [5, 5.41) is 22.3. The molecule has 0 amide bonds. The average Bonchev–Trinajstić information content (AvgIpc) is 3.15. The molecule has 0 saturated heterocycles. The predicted molar refractivity (Wildman–Crippen MR) is 195 cm³/mol. The number of carboxylic acid groups (broad SMARTS) is 2. The van der Waals surface area contributed by atoms with Gasteiger partial charge in [0.25, 0.3) is 0 Å². The summed E-state index contributed by atoms with van der Waals surface area (Å²) >= 11 is 0. The summed E-state index contributed by atoms with van der Waals surface area (Å²) in [6, 6.07) is 66.1. The molecule has 0 fully saturated rings. The van der Waals surface area contributed by atoms with Gasteiger partial charge < -0.3 is 10.2 Å². The Kier molecular flexibility index (Phi) is 21.6. The van der Waals surface area contributed by atoms with E-state index < -0.39 is 40.1 Å². The molecule has 6 aromatic rings. The van der Waals surface area contributed by atoms with Crippen molar-refractivity contribution in [3.63, 3.8) is 0 Å². The minimum atomic E-state index is -5.08. The van der Waals surface area contributed by atoms with Gasteiger partial charge in [-0.2, -0.15) is 87.0 Å². The van der Waals surface area contributed by atoms with E-state index in [2.05, 4.69) is 158 Å². The third-order valence-electron chi connectivity index (χ3n) is 6.41. The minimum absolute atomic E-state index is 0. The van der Waals surface area contributed by atoms with Crippen LogP contribution in [0.2, 0.25) is 0 Å². The summed E-state index contributed by atoms with van der Waals surface area (Å²) in [6.07, 6.45) is -10.2. The van der Waals surface area contributed by atoms with Crippen molar-refractivity contribution in [2.45, 2.75) is 12.4 Å². The van der Waals surface area contributed by atoms with Crippen LogP contribution in [0.25, 0.3) is 0 Å². The molecule has 0 aliphatic carbocycles. The number of aliphatic carboxylic acids is 2. The molecule has 2 N–H and O–H groups in total. The van der Waals surface area contributed by atoms with E-state index in [0.29, 0.717) is 0 Å². The zero-order chi connectivity index (χ0) is 38.0. The Morgan fingerprint density at radius 3 is 0.778 bits per heavy atom. The van der Waals surface area contributed by atoms with Crippen molar-refractivity contribution in [2.24, 2.45) is 0 Å². The summed E-state index contributed by atoms with van der Waals surface area (Å²) in [4.78, 5) is 17.8. The maximum absolute atomic E-state index is 10.6. The van der Waals surface area contributed by atoms with Crippen LogP contribution >= 0.6 is 15.8 Å². The molecule has 0 saturated carbocycles. The van der Waals surface area contributed by atoms with Crippen LogP contribution in [0.5, 0.6) is 0 Å². The van der Waals surface area contributed by atoms with Crippen molar-refractivity contribution in [1.29, 1.82) is 0 Å². The molecule has 0 aliphatic heterocycles. The monoisotopic (exact) mass is 956 g/mol. The van der Waals surface area contributed by atoms with E-state index in [-0.39, 0.29) is 39.0 Å². The van der Waals surface area contributed by atoms with E-state index in [1.165, 1.54) is 31.8 Å². The van der Waals surface area contributed by atoms with Crippen LogP contribution in [0.1, 0.15) is 0 Å². The second-order valence-corrected chi connectivity index (χ2v) is 14.5. The molecule has 6 aromatic carbocycles. The SMILES string of the molecule is O=C(O)C(F)(F)F.O=C(O)C(F)(F)F.[Rh].[Rh].[c-]1ccccc1P(c1ccccc1)c1ccccc1.[c-]1ccccc1P(c1ccccc1)c1ccccc1. The zero-order valence-electron chi connectivity index (χ0n) is 27.7. The Morgan fingerprint density at radius 1 is 0.407 bits per heavy atom. The second-order valence-electron chi connectivity index (χ2n) is 10.1. The maximum Gasteiger partial charge on any atom is 0.490 e. The third-order valence-corrected chi connectivity index (χ3v) is 11.2. The number of hydrogen-bond donors (Lipinski definition) is 2. The van der Waals surface area contributed by atoms with Crippen LogP contribution in [-0.2, 0) is 48.5 Å². The summed E-state index contributed by atoms with van der Waals surface area (Å²) in [5.74, 6) is -5.51. The first kappa shape index (κ1) is 48.0. The molecular weight excluding hydrogens is 926 g/mol. The van der Waals surface area contributed by atoms with Gasteiger partial charge in [0, 0.05) is 39.0 Å². The second kappa shape index (κ2) is 24.4. The largest absolute Gasteiger partial charge is 0.490 e. The van der Waals surface area contributed by atoms with E-state index >= 15 is 0 Å². The number of halogens is 6. The van der Waals surface area contributed by atoms with Gasteiger partial charge in [0.2, 0.25) is 0 Å². The van der Waals surface area contributed by atoms with E-state index in [4.69, 9.17) is 19.8 Å². The van der Waals surface area contributed by atoms with Crippen molar-refractivity contribution in [1.82, 2.24) is 0 Å². The number of benzene rings is 6. The van der Waals surface area contributed by atoms with E-state index in [9.17, 15) is 26.3 Å². The van der Waals surface area contributed by atoms with Crippen LogP contribution in [0.15, 0.2) is 170 Å². The molecule has 0 aliphatic rings. The average molecular weight is 956 g/mol. The Labute approximate surface area is 337 Å². The first-order chi connectivity index (χ1) is 24.8. The summed E-state index contributed by atoms with van der Waals surface area (Å²) in [5.41, 5.74) is 0.